The van der Waals surface area contributed by atoms with Crippen LogP contribution in [0.2, 0.25) is 0 Å². The van der Waals surface area contributed by atoms with Crippen molar-refractivity contribution in [3.63, 3.8) is 0 Å². The van der Waals surface area contributed by atoms with E-state index < -0.39 is 0 Å². The van der Waals surface area contributed by atoms with E-state index in [1.165, 1.54) is 6.42 Å². The van der Waals surface area contributed by atoms with E-state index in [1.807, 2.05) is 0 Å². The second-order valence-electron chi connectivity index (χ2n) is 3.35. The van der Waals surface area contributed by atoms with Gasteiger partial charge in [-0.2, -0.15) is 0 Å². The van der Waals surface area contributed by atoms with Crippen molar-refractivity contribution in [2.75, 3.05) is 13.2 Å². The van der Waals surface area contributed by atoms with Gasteiger partial charge in [-0.25, -0.2) is 0 Å². The number of ether oxygens (including phenoxy) is 2. The van der Waals surface area contributed by atoms with Gasteiger partial charge in [0.15, 0.2) is 6.29 Å². The molecule has 0 bridgehead atoms. The lowest BCUT2D eigenvalue weighted by Gasteiger charge is -2.22. The van der Waals surface area contributed by atoms with Crippen LogP contribution in [0.3, 0.4) is 0 Å². The van der Waals surface area contributed by atoms with Crippen molar-refractivity contribution in [2.45, 2.75) is 33.5 Å². The molecule has 0 aliphatic carbocycles. The molecular formula is C9H18O2. The van der Waals surface area contributed by atoms with Crippen LogP contribution in [0.4, 0.5) is 0 Å². The Bertz CT molecular complexity index is 108. The molecule has 2 nitrogen and oxygen atoms in total. The zero-order valence-corrected chi connectivity index (χ0v) is 7.67. The molecule has 2 unspecified atom stereocenters. The number of hydrogen-bond acceptors (Lipinski definition) is 2. The zero-order chi connectivity index (χ0) is 8.27. The maximum atomic E-state index is 5.42. The molecule has 0 spiro atoms. The van der Waals surface area contributed by atoms with Gasteiger partial charge >= 0.3 is 0 Å². The average Bonchev–Trinajstić information content (AvgIpc) is 2.53. The topological polar surface area (TPSA) is 18.5 Å². The molecule has 1 rings (SSSR count). The molecule has 1 aliphatic rings. The second kappa shape index (κ2) is 4.07. The van der Waals surface area contributed by atoms with E-state index in [-0.39, 0.29) is 6.29 Å². The SMILES string of the molecule is CCC(C)C(C)C1OCCO1. The Hall–Kier alpha value is -0.0800. The molecule has 2 atom stereocenters. The van der Waals surface area contributed by atoms with E-state index in [9.17, 15) is 0 Å². The molecule has 0 aromatic heterocycles. The van der Waals surface area contributed by atoms with Gasteiger partial charge < -0.3 is 9.47 Å². The van der Waals surface area contributed by atoms with Crippen LogP contribution in [0.1, 0.15) is 27.2 Å². The molecule has 0 aromatic carbocycles. The highest BCUT2D eigenvalue weighted by Gasteiger charge is 2.26. The van der Waals surface area contributed by atoms with Crippen LogP contribution < -0.4 is 0 Å². The lowest BCUT2D eigenvalue weighted by atomic mass is 9.93. The van der Waals surface area contributed by atoms with Crippen LogP contribution in [-0.2, 0) is 9.47 Å². The largest absolute Gasteiger partial charge is 0.350 e. The van der Waals surface area contributed by atoms with Crippen molar-refractivity contribution < 1.29 is 9.47 Å². The molecule has 1 heterocycles. The van der Waals surface area contributed by atoms with Crippen LogP contribution in [0, 0.1) is 11.8 Å². The summed E-state index contributed by atoms with van der Waals surface area (Å²) in [5, 5.41) is 0. The van der Waals surface area contributed by atoms with Crippen molar-refractivity contribution in [3.8, 4) is 0 Å². The first kappa shape index (κ1) is 9.01. The predicted molar refractivity (Wildman–Crippen MR) is 44.3 cm³/mol. The van der Waals surface area contributed by atoms with Gasteiger partial charge in [-0.15, -0.1) is 0 Å². The van der Waals surface area contributed by atoms with Crippen LogP contribution in [0.5, 0.6) is 0 Å². The summed E-state index contributed by atoms with van der Waals surface area (Å²) >= 11 is 0. The van der Waals surface area contributed by atoms with Gasteiger partial charge in [-0.3, -0.25) is 0 Å². The minimum atomic E-state index is 0.0601. The molecule has 1 fully saturated rings. The highest BCUT2D eigenvalue weighted by molar-refractivity contribution is 4.66. The van der Waals surface area contributed by atoms with Crippen LogP contribution >= 0.6 is 0 Å². The number of hydrogen-bond donors (Lipinski definition) is 0. The van der Waals surface area contributed by atoms with E-state index >= 15 is 0 Å². The third-order valence-corrected chi connectivity index (χ3v) is 2.62. The highest BCUT2D eigenvalue weighted by atomic mass is 16.7. The maximum Gasteiger partial charge on any atom is 0.160 e. The minimum Gasteiger partial charge on any atom is -0.350 e. The number of rotatable bonds is 3. The molecule has 1 aliphatic heterocycles. The summed E-state index contributed by atoms with van der Waals surface area (Å²) in [6.07, 6.45) is 1.26. The van der Waals surface area contributed by atoms with Gasteiger partial charge in [0.1, 0.15) is 0 Å². The van der Waals surface area contributed by atoms with Crippen LogP contribution in [0.15, 0.2) is 0 Å². The van der Waals surface area contributed by atoms with E-state index in [1.54, 1.807) is 0 Å². The van der Waals surface area contributed by atoms with Crippen LogP contribution in [-0.4, -0.2) is 19.5 Å². The smallest absolute Gasteiger partial charge is 0.160 e. The molecule has 0 aromatic rings. The third-order valence-electron chi connectivity index (χ3n) is 2.62. The van der Waals surface area contributed by atoms with Gasteiger partial charge in [-0.05, 0) is 5.92 Å². The Morgan fingerprint density at radius 3 is 2.27 bits per heavy atom. The first-order chi connectivity index (χ1) is 5.25. The summed E-state index contributed by atoms with van der Waals surface area (Å²) in [6, 6.07) is 0. The summed E-state index contributed by atoms with van der Waals surface area (Å²) < 4.78 is 10.8. The quantitative estimate of drug-likeness (QED) is 0.625. The fourth-order valence-electron chi connectivity index (χ4n) is 1.32. The summed E-state index contributed by atoms with van der Waals surface area (Å²) in [5.41, 5.74) is 0. The van der Waals surface area contributed by atoms with Gasteiger partial charge in [0, 0.05) is 5.92 Å². The van der Waals surface area contributed by atoms with E-state index in [0.717, 1.165) is 13.2 Å². The summed E-state index contributed by atoms with van der Waals surface area (Å²) in [6.45, 7) is 8.19. The van der Waals surface area contributed by atoms with Crippen molar-refractivity contribution in [1.29, 1.82) is 0 Å². The molecule has 66 valence electrons. The zero-order valence-electron chi connectivity index (χ0n) is 7.67. The fourth-order valence-corrected chi connectivity index (χ4v) is 1.32. The van der Waals surface area contributed by atoms with Crippen molar-refractivity contribution >= 4 is 0 Å². The van der Waals surface area contributed by atoms with E-state index in [0.29, 0.717) is 11.8 Å². The van der Waals surface area contributed by atoms with Crippen molar-refractivity contribution in [1.82, 2.24) is 0 Å². The minimum absolute atomic E-state index is 0.0601. The van der Waals surface area contributed by atoms with Gasteiger partial charge in [-0.1, -0.05) is 27.2 Å². The fraction of sp³-hybridized carbons (Fsp3) is 1.00. The average molecular weight is 158 g/mol. The Kier molecular flexibility index (Phi) is 3.34. The van der Waals surface area contributed by atoms with E-state index in [4.69, 9.17) is 9.47 Å². The molecule has 11 heavy (non-hydrogen) atoms. The maximum absolute atomic E-state index is 5.42. The molecule has 0 saturated carbocycles. The summed E-state index contributed by atoms with van der Waals surface area (Å²) in [4.78, 5) is 0. The monoisotopic (exact) mass is 158 g/mol. The predicted octanol–water partition coefficient (Wildman–Crippen LogP) is 2.04. The first-order valence-electron chi connectivity index (χ1n) is 4.49. The van der Waals surface area contributed by atoms with Crippen molar-refractivity contribution in [2.24, 2.45) is 11.8 Å². The van der Waals surface area contributed by atoms with Gasteiger partial charge in [0.2, 0.25) is 0 Å². The molecular weight excluding hydrogens is 140 g/mol. The molecule has 0 N–H and O–H groups in total. The normalized spacial score (nSPS) is 25.4. The van der Waals surface area contributed by atoms with Gasteiger partial charge in [0.05, 0.1) is 13.2 Å². The molecule has 0 amide bonds. The van der Waals surface area contributed by atoms with Crippen molar-refractivity contribution in [3.05, 3.63) is 0 Å². The standard InChI is InChI=1S/C9H18O2/c1-4-7(2)8(3)9-10-5-6-11-9/h7-9H,4-6H2,1-3H3. The van der Waals surface area contributed by atoms with E-state index in [2.05, 4.69) is 20.8 Å². The van der Waals surface area contributed by atoms with Gasteiger partial charge in [0.25, 0.3) is 0 Å². The third kappa shape index (κ3) is 2.17. The second-order valence-corrected chi connectivity index (χ2v) is 3.35. The lowest BCUT2D eigenvalue weighted by Crippen LogP contribution is -2.24. The highest BCUT2D eigenvalue weighted by Crippen LogP contribution is 2.23. The molecule has 0 radical (unpaired) electrons. The first-order valence-corrected chi connectivity index (χ1v) is 4.49. The van der Waals surface area contributed by atoms with Crippen LogP contribution in [0.25, 0.3) is 0 Å². The Labute approximate surface area is 68.9 Å². The Balaban J connectivity index is 2.32. The summed E-state index contributed by atoms with van der Waals surface area (Å²) in [5.74, 6) is 1.22. The molecule has 2 heteroatoms. The molecule has 1 saturated heterocycles. The Morgan fingerprint density at radius 2 is 1.82 bits per heavy atom. The Morgan fingerprint density at radius 1 is 1.27 bits per heavy atom. The summed E-state index contributed by atoms with van der Waals surface area (Å²) in [7, 11) is 0. The lowest BCUT2D eigenvalue weighted by molar-refractivity contribution is -0.0921.